The number of hydrogen-bond donors (Lipinski definition) is 1. The number of nitrogens with zero attached hydrogens (tertiary/aromatic N) is 3. The molecule has 1 unspecified atom stereocenters. The Kier molecular flexibility index (Phi) is 4.03. The van der Waals surface area contributed by atoms with Crippen LogP contribution in [-0.2, 0) is 0 Å². The van der Waals surface area contributed by atoms with E-state index in [0.717, 1.165) is 10.2 Å². The van der Waals surface area contributed by atoms with Crippen LogP contribution in [0.2, 0.25) is 0 Å². The van der Waals surface area contributed by atoms with Crippen LogP contribution < -0.4 is 5.32 Å². The molecule has 0 fully saturated rings. The molecular formula is C14H12BrFN4S. The first-order chi connectivity index (χ1) is 10.1. The Morgan fingerprint density at radius 3 is 2.86 bits per heavy atom. The van der Waals surface area contributed by atoms with Gasteiger partial charge in [-0.25, -0.2) is 14.1 Å². The average Bonchev–Trinajstić information content (AvgIpc) is 3.10. The molecule has 0 aliphatic rings. The van der Waals surface area contributed by atoms with Crippen LogP contribution in [0.3, 0.4) is 0 Å². The summed E-state index contributed by atoms with van der Waals surface area (Å²) in [4.78, 5) is 5.00. The number of halogens is 2. The first-order valence-corrected chi connectivity index (χ1v) is 7.96. The number of thiophene rings is 1. The standard InChI is InChI=1S/C14H12BrFN4S/c1-9(14-4-10(15)6-21-14)19-11-2-3-13(12(16)5-11)20-8-17-7-18-20/h2-9,19H,1H3. The minimum Gasteiger partial charge on any atom is -0.378 e. The quantitative estimate of drug-likeness (QED) is 0.743. The molecule has 2 heterocycles. The van der Waals surface area contributed by atoms with Crippen LogP contribution in [0.25, 0.3) is 5.69 Å². The van der Waals surface area contributed by atoms with Gasteiger partial charge in [0.2, 0.25) is 0 Å². The predicted octanol–water partition coefficient (Wildman–Crippen LogP) is 4.40. The monoisotopic (exact) mass is 366 g/mol. The topological polar surface area (TPSA) is 42.7 Å². The van der Waals surface area contributed by atoms with Gasteiger partial charge in [-0.05, 0) is 47.1 Å². The molecule has 0 radical (unpaired) electrons. The fourth-order valence-corrected chi connectivity index (χ4v) is 3.44. The van der Waals surface area contributed by atoms with Crippen molar-refractivity contribution in [3.63, 3.8) is 0 Å². The Bertz CT molecular complexity index is 741. The summed E-state index contributed by atoms with van der Waals surface area (Å²) in [6.07, 6.45) is 2.85. The highest BCUT2D eigenvalue weighted by Gasteiger charge is 2.10. The number of anilines is 1. The van der Waals surface area contributed by atoms with Crippen LogP contribution in [-0.4, -0.2) is 14.8 Å². The van der Waals surface area contributed by atoms with Crippen molar-refractivity contribution in [1.29, 1.82) is 0 Å². The third-order valence-corrected chi connectivity index (χ3v) is 4.89. The molecule has 1 N–H and O–H groups in total. The maximum Gasteiger partial charge on any atom is 0.150 e. The molecule has 21 heavy (non-hydrogen) atoms. The second kappa shape index (κ2) is 5.95. The van der Waals surface area contributed by atoms with Crippen molar-refractivity contribution in [3.05, 3.63) is 57.5 Å². The molecule has 1 aromatic carbocycles. The Morgan fingerprint density at radius 1 is 1.38 bits per heavy atom. The van der Waals surface area contributed by atoms with Gasteiger partial charge in [-0.1, -0.05) is 0 Å². The van der Waals surface area contributed by atoms with Gasteiger partial charge in [-0.3, -0.25) is 0 Å². The van der Waals surface area contributed by atoms with Crippen LogP contribution in [0.5, 0.6) is 0 Å². The van der Waals surface area contributed by atoms with Gasteiger partial charge in [0.15, 0.2) is 5.82 Å². The van der Waals surface area contributed by atoms with Gasteiger partial charge in [0, 0.05) is 20.4 Å². The molecule has 0 saturated heterocycles. The number of benzene rings is 1. The maximum atomic E-state index is 14.1. The third-order valence-electron chi connectivity index (χ3n) is 3.01. The molecule has 108 valence electrons. The minimum absolute atomic E-state index is 0.109. The van der Waals surface area contributed by atoms with Crippen LogP contribution in [0.15, 0.2) is 46.8 Å². The van der Waals surface area contributed by atoms with E-state index < -0.39 is 0 Å². The fraction of sp³-hybridized carbons (Fsp3) is 0.143. The highest BCUT2D eigenvalue weighted by molar-refractivity contribution is 9.10. The van der Waals surface area contributed by atoms with Crippen molar-refractivity contribution in [2.24, 2.45) is 0 Å². The van der Waals surface area contributed by atoms with E-state index in [-0.39, 0.29) is 11.9 Å². The zero-order valence-electron chi connectivity index (χ0n) is 11.1. The van der Waals surface area contributed by atoms with Crippen molar-refractivity contribution in [3.8, 4) is 5.69 Å². The van der Waals surface area contributed by atoms with E-state index in [2.05, 4.69) is 37.4 Å². The molecule has 3 rings (SSSR count). The van der Waals surface area contributed by atoms with Gasteiger partial charge < -0.3 is 5.32 Å². The van der Waals surface area contributed by atoms with E-state index >= 15 is 0 Å². The number of aromatic nitrogens is 3. The van der Waals surface area contributed by atoms with E-state index in [0.29, 0.717) is 5.69 Å². The lowest BCUT2D eigenvalue weighted by atomic mass is 10.2. The van der Waals surface area contributed by atoms with Gasteiger partial charge in [0.25, 0.3) is 0 Å². The minimum atomic E-state index is -0.343. The summed E-state index contributed by atoms with van der Waals surface area (Å²) in [5.41, 5.74) is 1.11. The zero-order valence-corrected chi connectivity index (χ0v) is 13.5. The number of hydrogen-bond acceptors (Lipinski definition) is 4. The van der Waals surface area contributed by atoms with Gasteiger partial charge in [-0.2, -0.15) is 5.10 Å². The van der Waals surface area contributed by atoms with E-state index in [1.165, 1.54) is 28.3 Å². The van der Waals surface area contributed by atoms with E-state index in [4.69, 9.17) is 0 Å². The Morgan fingerprint density at radius 2 is 2.24 bits per heavy atom. The van der Waals surface area contributed by atoms with Gasteiger partial charge >= 0.3 is 0 Å². The molecule has 0 bridgehead atoms. The molecule has 2 aromatic heterocycles. The first kappa shape index (κ1) is 14.2. The molecule has 1 atom stereocenters. The predicted molar refractivity (Wildman–Crippen MR) is 85.4 cm³/mol. The number of nitrogens with one attached hydrogen (secondary N) is 1. The Hall–Kier alpha value is -1.73. The maximum absolute atomic E-state index is 14.1. The van der Waals surface area contributed by atoms with Crippen molar-refractivity contribution in [1.82, 2.24) is 14.8 Å². The van der Waals surface area contributed by atoms with Crippen LogP contribution >= 0.6 is 27.3 Å². The largest absolute Gasteiger partial charge is 0.378 e. The Labute approximate surface area is 133 Å². The second-order valence-corrected chi connectivity index (χ2v) is 6.40. The van der Waals surface area contributed by atoms with E-state index in [9.17, 15) is 4.39 Å². The molecule has 4 nitrogen and oxygen atoms in total. The molecule has 3 aromatic rings. The summed E-state index contributed by atoms with van der Waals surface area (Å²) >= 11 is 5.09. The highest BCUT2D eigenvalue weighted by Crippen LogP contribution is 2.28. The summed E-state index contributed by atoms with van der Waals surface area (Å²) in [5.74, 6) is -0.343. The van der Waals surface area contributed by atoms with Crippen molar-refractivity contribution < 1.29 is 4.39 Å². The van der Waals surface area contributed by atoms with Crippen molar-refractivity contribution in [2.75, 3.05) is 5.32 Å². The molecule has 7 heteroatoms. The molecule has 0 saturated carbocycles. The highest BCUT2D eigenvalue weighted by atomic mass is 79.9. The van der Waals surface area contributed by atoms with Crippen LogP contribution in [0.4, 0.5) is 10.1 Å². The normalized spacial score (nSPS) is 12.3. The van der Waals surface area contributed by atoms with Gasteiger partial charge in [0.1, 0.15) is 18.3 Å². The fourth-order valence-electron chi connectivity index (χ4n) is 1.99. The first-order valence-electron chi connectivity index (χ1n) is 6.28. The zero-order chi connectivity index (χ0) is 14.8. The lowest BCUT2D eigenvalue weighted by Crippen LogP contribution is -2.06. The average molecular weight is 367 g/mol. The van der Waals surface area contributed by atoms with E-state index in [1.54, 1.807) is 17.4 Å². The Balaban J connectivity index is 1.79. The molecule has 0 amide bonds. The van der Waals surface area contributed by atoms with Crippen molar-refractivity contribution in [2.45, 2.75) is 13.0 Å². The summed E-state index contributed by atoms with van der Waals surface area (Å²) in [7, 11) is 0. The van der Waals surface area contributed by atoms with E-state index in [1.807, 2.05) is 18.4 Å². The summed E-state index contributed by atoms with van der Waals surface area (Å²) in [6.45, 7) is 2.04. The molecule has 0 aliphatic heterocycles. The smallest absolute Gasteiger partial charge is 0.150 e. The third kappa shape index (κ3) is 3.14. The van der Waals surface area contributed by atoms with Crippen LogP contribution in [0.1, 0.15) is 17.8 Å². The summed E-state index contributed by atoms with van der Waals surface area (Å²) in [6, 6.07) is 7.15. The molecular weight excluding hydrogens is 355 g/mol. The molecule has 0 spiro atoms. The van der Waals surface area contributed by atoms with Crippen LogP contribution in [0, 0.1) is 5.82 Å². The second-order valence-electron chi connectivity index (χ2n) is 4.54. The van der Waals surface area contributed by atoms with Gasteiger partial charge in [-0.15, -0.1) is 11.3 Å². The number of rotatable bonds is 4. The summed E-state index contributed by atoms with van der Waals surface area (Å²) < 4.78 is 16.6. The molecule has 0 aliphatic carbocycles. The SMILES string of the molecule is CC(Nc1ccc(-n2cncn2)c(F)c1)c1cc(Br)cs1. The lowest BCUT2D eigenvalue weighted by Gasteiger charge is -2.14. The lowest BCUT2D eigenvalue weighted by molar-refractivity contribution is 0.611. The van der Waals surface area contributed by atoms with Gasteiger partial charge in [0.05, 0.1) is 6.04 Å². The van der Waals surface area contributed by atoms with Crippen molar-refractivity contribution >= 4 is 33.0 Å². The summed E-state index contributed by atoms with van der Waals surface area (Å²) in [5, 5.41) is 9.25.